The molecule has 2 heterocycles. The largest absolute Gasteiger partial charge is 0.226 e. The van der Waals surface area contributed by atoms with Crippen LogP contribution in [0.4, 0.5) is 0 Å². The Kier molecular flexibility index (Phi) is 3.66. The fraction of sp³-hybridized carbons (Fsp3) is 0.250. The first kappa shape index (κ1) is 11.0. The lowest BCUT2D eigenvalue weighted by Gasteiger charge is -2.00. The van der Waals surface area contributed by atoms with Gasteiger partial charge in [0.15, 0.2) is 4.34 Å². The molecule has 2 rings (SSSR count). The van der Waals surface area contributed by atoms with E-state index in [1.54, 1.807) is 6.33 Å². The molecule has 0 N–H and O–H groups in total. The SMILES string of the molecule is CCc1nc(Br)cc(Sc2ncns2)n1. The van der Waals surface area contributed by atoms with Crippen LogP contribution in [0.15, 0.2) is 26.4 Å². The number of aryl methyl sites for hydroxylation is 1. The summed E-state index contributed by atoms with van der Waals surface area (Å²) in [7, 11) is 0. The minimum atomic E-state index is 0.807. The van der Waals surface area contributed by atoms with Gasteiger partial charge in [-0.1, -0.05) is 6.92 Å². The Bertz CT molecular complexity index is 446. The summed E-state index contributed by atoms with van der Waals surface area (Å²) < 4.78 is 5.64. The van der Waals surface area contributed by atoms with E-state index in [-0.39, 0.29) is 0 Å². The quantitative estimate of drug-likeness (QED) is 0.816. The third-order valence-electron chi connectivity index (χ3n) is 1.57. The van der Waals surface area contributed by atoms with Crippen LogP contribution in [0.5, 0.6) is 0 Å². The molecule has 0 unspecified atom stereocenters. The Labute approximate surface area is 104 Å². The number of halogens is 1. The van der Waals surface area contributed by atoms with E-state index in [1.807, 2.05) is 13.0 Å². The van der Waals surface area contributed by atoms with Gasteiger partial charge in [-0.25, -0.2) is 15.0 Å². The fourth-order valence-corrected chi connectivity index (χ4v) is 2.94. The average Bonchev–Trinajstić information content (AvgIpc) is 2.69. The second kappa shape index (κ2) is 5.00. The molecular formula is C8H7BrN4S2. The molecule has 0 saturated heterocycles. The van der Waals surface area contributed by atoms with Crippen LogP contribution in [0.2, 0.25) is 0 Å². The van der Waals surface area contributed by atoms with Crippen molar-refractivity contribution in [1.29, 1.82) is 0 Å². The van der Waals surface area contributed by atoms with E-state index >= 15 is 0 Å². The van der Waals surface area contributed by atoms with E-state index in [0.717, 1.165) is 26.2 Å². The molecule has 0 bridgehead atoms. The first-order valence-electron chi connectivity index (χ1n) is 4.26. The molecule has 2 aromatic rings. The minimum absolute atomic E-state index is 0.807. The van der Waals surface area contributed by atoms with Crippen LogP contribution in [0.1, 0.15) is 12.7 Å². The van der Waals surface area contributed by atoms with E-state index in [2.05, 4.69) is 35.3 Å². The fourth-order valence-electron chi connectivity index (χ4n) is 0.950. The van der Waals surface area contributed by atoms with Gasteiger partial charge in [0.25, 0.3) is 0 Å². The Morgan fingerprint density at radius 3 is 3.00 bits per heavy atom. The lowest BCUT2D eigenvalue weighted by Crippen LogP contribution is -1.94. The highest BCUT2D eigenvalue weighted by molar-refractivity contribution is 9.10. The molecular weight excluding hydrogens is 296 g/mol. The summed E-state index contributed by atoms with van der Waals surface area (Å²) in [6.07, 6.45) is 2.37. The zero-order valence-electron chi connectivity index (χ0n) is 7.85. The van der Waals surface area contributed by atoms with Crippen LogP contribution < -0.4 is 0 Å². The highest BCUT2D eigenvalue weighted by atomic mass is 79.9. The monoisotopic (exact) mass is 302 g/mol. The van der Waals surface area contributed by atoms with E-state index < -0.39 is 0 Å². The van der Waals surface area contributed by atoms with Gasteiger partial charge in [-0.2, -0.15) is 4.37 Å². The highest BCUT2D eigenvalue weighted by Gasteiger charge is 2.05. The van der Waals surface area contributed by atoms with Crippen LogP contribution in [0.3, 0.4) is 0 Å². The van der Waals surface area contributed by atoms with Gasteiger partial charge in [0.2, 0.25) is 0 Å². The Morgan fingerprint density at radius 1 is 1.47 bits per heavy atom. The standard InChI is InChI=1S/C8H7BrN4S2/c1-2-6-12-5(9)3-7(13-6)14-8-10-4-11-15-8/h3-4H,2H2,1H3. The van der Waals surface area contributed by atoms with Crippen molar-refractivity contribution in [1.82, 2.24) is 19.3 Å². The molecule has 2 aromatic heterocycles. The van der Waals surface area contributed by atoms with Crippen LogP contribution in [-0.4, -0.2) is 19.3 Å². The molecule has 0 atom stereocenters. The molecule has 0 aromatic carbocycles. The van der Waals surface area contributed by atoms with Crippen molar-refractivity contribution in [3.05, 3.63) is 22.8 Å². The summed E-state index contributed by atoms with van der Waals surface area (Å²) in [5.74, 6) is 0.830. The van der Waals surface area contributed by atoms with Gasteiger partial charge in [-0.3, -0.25) is 0 Å². The van der Waals surface area contributed by atoms with Gasteiger partial charge >= 0.3 is 0 Å². The third kappa shape index (κ3) is 2.96. The summed E-state index contributed by atoms with van der Waals surface area (Å²) in [6.45, 7) is 2.03. The molecule has 0 saturated carbocycles. The number of nitrogens with zero attached hydrogens (tertiary/aromatic N) is 4. The summed E-state index contributed by atoms with van der Waals surface area (Å²) in [4.78, 5) is 12.7. The molecule has 4 nitrogen and oxygen atoms in total. The topological polar surface area (TPSA) is 51.6 Å². The lowest BCUT2D eigenvalue weighted by atomic mass is 10.4. The molecule has 0 amide bonds. The highest BCUT2D eigenvalue weighted by Crippen LogP contribution is 2.27. The Balaban J connectivity index is 2.24. The molecule has 15 heavy (non-hydrogen) atoms. The van der Waals surface area contributed by atoms with Gasteiger partial charge in [0.05, 0.1) is 0 Å². The van der Waals surface area contributed by atoms with Crippen molar-refractivity contribution < 1.29 is 0 Å². The van der Waals surface area contributed by atoms with Gasteiger partial charge in [0.1, 0.15) is 21.8 Å². The van der Waals surface area contributed by atoms with Crippen molar-refractivity contribution in [3.63, 3.8) is 0 Å². The van der Waals surface area contributed by atoms with Gasteiger partial charge in [0, 0.05) is 12.5 Å². The molecule has 0 radical (unpaired) electrons. The summed E-state index contributed by atoms with van der Waals surface area (Å²) in [6, 6.07) is 1.88. The molecule has 7 heteroatoms. The average molecular weight is 303 g/mol. The number of hydrogen-bond acceptors (Lipinski definition) is 6. The smallest absolute Gasteiger partial charge is 0.175 e. The normalized spacial score (nSPS) is 10.5. The molecule has 0 fully saturated rings. The number of aromatic nitrogens is 4. The second-order valence-electron chi connectivity index (χ2n) is 2.61. The maximum absolute atomic E-state index is 4.39. The van der Waals surface area contributed by atoms with Crippen LogP contribution in [0, 0.1) is 0 Å². The van der Waals surface area contributed by atoms with E-state index in [4.69, 9.17) is 0 Å². The molecule has 0 spiro atoms. The van der Waals surface area contributed by atoms with Crippen LogP contribution >= 0.6 is 39.2 Å². The number of hydrogen-bond donors (Lipinski definition) is 0. The second-order valence-corrected chi connectivity index (χ2v) is 5.47. The summed E-state index contributed by atoms with van der Waals surface area (Å²) in [5, 5.41) is 0.894. The minimum Gasteiger partial charge on any atom is -0.226 e. The predicted molar refractivity (Wildman–Crippen MR) is 63.1 cm³/mol. The Morgan fingerprint density at radius 2 is 2.33 bits per heavy atom. The van der Waals surface area contributed by atoms with Gasteiger partial charge < -0.3 is 0 Å². The maximum atomic E-state index is 4.39. The van der Waals surface area contributed by atoms with Crippen molar-refractivity contribution >= 4 is 39.2 Å². The third-order valence-corrected chi connectivity index (χ3v) is 3.61. The van der Waals surface area contributed by atoms with E-state index in [1.165, 1.54) is 23.3 Å². The molecule has 78 valence electrons. The van der Waals surface area contributed by atoms with Gasteiger partial charge in [-0.05, 0) is 39.2 Å². The van der Waals surface area contributed by atoms with E-state index in [0.29, 0.717) is 0 Å². The summed E-state index contributed by atoms with van der Waals surface area (Å²) >= 11 is 6.23. The van der Waals surface area contributed by atoms with Crippen molar-refractivity contribution in [3.8, 4) is 0 Å². The van der Waals surface area contributed by atoms with Crippen molar-refractivity contribution in [2.45, 2.75) is 22.7 Å². The Hall–Kier alpha value is -0.530. The first-order valence-corrected chi connectivity index (χ1v) is 6.64. The van der Waals surface area contributed by atoms with E-state index in [9.17, 15) is 0 Å². The van der Waals surface area contributed by atoms with Crippen molar-refractivity contribution in [2.75, 3.05) is 0 Å². The van der Waals surface area contributed by atoms with Gasteiger partial charge in [-0.15, -0.1) is 0 Å². The molecule has 0 aliphatic heterocycles. The maximum Gasteiger partial charge on any atom is 0.175 e. The van der Waals surface area contributed by atoms with Crippen LogP contribution in [-0.2, 0) is 6.42 Å². The zero-order valence-corrected chi connectivity index (χ0v) is 11.1. The lowest BCUT2D eigenvalue weighted by molar-refractivity contribution is 0.876. The number of rotatable bonds is 3. The zero-order chi connectivity index (χ0) is 10.7. The first-order chi connectivity index (χ1) is 7.28. The molecule has 0 aliphatic carbocycles. The predicted octanol–water partition coefficient (Wildman–Crippen LogP) is 2.80. The van der Waals surface area contributed by atoms with Crippen molar-refractivity contribution in [2.24, 2.45) is 0 Å². The summed E-state index contributed by atoms with van der Waals surface area (Å²) in [5.41, 5.74) is 0. The molecule has 0 aliphatic rings. The van der Waals surface area contributed by atoms with Crippen LogP contribution in [0.25, 0.3) is 0 Å².